The van der Waals surface area contributed by atoms with Crippen LogP contribution < -0.4 is 4.74 Å². The maximum atomic E-state index is 10.9. The van der Waals surface area contributed by atoms with Crippen molar-refractivity contribution in [3.8, 4) is 16.9 Å². The van der Waals surface area contributed by atoms with Crippen LogP contribution in [0.25, 0.3) is 11.1 Å². The topological polar surface area (TPSA) is 75.2 Å². The molecule has 1 aromatic heterocycles. The Bertz CT molecular complexity index is 506. The van der Waals surface area contributed by atoms with Crippen molar-refractivity contribution < 1.29 is 14.6 Å². The molecule has 1 aromatic carbocycles. The Morgan fingerprint density at radius 3 is 2.88 bits per heavy atom. The molecule has 0 saturated heterocycles. The zero-order valence-corrected chi connectivity index (χ0v) is 8.60. The Hall–Kier alpha value is -2.30. The molecule has 0 spiro atoms. The summed E-state index contributed by atoms with van der Waals surface area (Å²) in [6.45, 7) is 0. The second-order valence-electron chi connectivity index (χ2n) is 3.21. The van der Waals surface area contributed by atoms with Crippen LogP contribution in [0.3, 0.4) is 0 Å². The van der Waals surface area contributed by atoms with E-state index in [1.807, 2.05) is 0 Å². The highest BCUT2D eigenvalue weighted by molar-refractivity contribution is 5.90. The van der Waals surface area contributed by atoms with E-state index in [1.54, 1.807) is 31.6 Å². The lowest BCUT2D eigenvalue weighted by Gasteiger charge is -2.07. The molecule has 2 aromatic rings. The van der Waals surface area contributed by atoms with Gasteiger partial charge >= 0.3 is 5.97 Å². The largest absolute Gasteiger partial charge is 0.496 e. The van der Waals surface area contributed by atoms with Gasteiger partial charge in [-0.05, 0) is 18.2 Å². The summed E-state index contributed by atoms with van der Waals surface area (Å²) in [6.07, 6.45) is 3.30. The van der Waals surface area contributed by atoms with Crippen molar-refractivity contribution in [3.05, 3.63) is 36.2 Å². The number of hydrogen-bond donors (Lipinski definition) is 2. The van der Waals surface area contributed by atoms with Gasteiger partial charge in [-0.15, -0.1) is 0 Å². The van der Waals surface area contributed by atoms with Gasteiger partial charge in [-0.1, -0.05) is 0 Å². The molecule has 0 saturated carbocycles. The minimum Gasteiger partial charge on any atom is -0.496 e. The predicted molar refractivity (Wildman–Crippen MR) is 57.5 cm³/mol. The number of ether oxygens (including phenoxy) is 1. The number of nitrogens with one attached hydrogen (secondary N) is 1. The number of aromatic nitrogens is 2. The molecular formula is C11H10N2O3. The number of carboxylic acid groups (broad SMARTS) is 1. The normalized spacial score (nSPS) is 10.1. The van der Waals surface area contributed by atoms with Crippen molar-refractivity contribution in [1.29, 1.82) is 0 Å². The van der Waals surface area contributed by atoms with E-state index in [-0.39, 0.29) is 5.56 Å². The molecule has 0 bridgehead atoms. The van der Waals surface area contributed by atoms with Gasteiger partial charge < -0.3 is 9.84 Å². The zero-order valence-electron chi connectivity index (χ0n) is 8.60. The SMILES string of the molecule is COc1ccc(C(=O)O)cc1-c1cn[nH]c1. The van der Waals surface area contributed by atoms with Gasteiger partial charge in [0, 0.05) is 17.3 Å². The van der Waals surface area contributed by atoms with Crippen LogP contribution in [-0.2, 0) is 0 Å². The Morgan fingerprint density at radius 2 is 2.31 bits per heavy atom. The first-order valence-electron chi connectivity index (χ1n) is 4.63. The van der Waals surface area contributed by atoms with Crippen molar-refractivity contribution in [3.63, 3.8) is 0 Å². The average Bonchev–Trinajstić information content (AvgIpc) is 2.81. The number of aromatic carboxylic acids is 1. The Kier molecular flexibility index (Phi) is 2.59. The fraction of sp³-hybridized carbons (Fsp3) is 0.0909. The van der Waals surface area contributed by atoms with Crippen molar-refractivity contribution in [2.45, 2.75) is 0 Å². The number of rotatable bonds is 3. The van der Waals surface area contributed by atoms with Crippen LogP contribution in [-0.4, -0.2) is 28.4 Å². The lowest BCUT2D eigenvalue weighted by Crippen LogP contribution is -1.97. The fourth-order valence-electron chi connectivity index (χ4n) is 1.46. The molecule has 0 aliphatic heterocycles. The Labute approximate surface area is 91.7 Å². The molecule has 0 amide bonds. The molecule has 0 atom stereocenters. The number of methoxy groups -OCH3 is 1. The van der Waals surface area contributed by atoms with Crippen molar-refractivity contribution in [2.24, 2.45) is 0 Å². The molecule has 0 fully saturated rings. The van der Waals surface area contributed by atoms with Gasteiger partial charge in [0.1, 0.15) is 5.75 Å². The number of H-pyrrole nitrogens is 1. The van der Waals surface area contributed by atoms with Crippen molar-refractivity contribution >= 4 is 5.97 Å². The minimum absolute atomic E-state index is 0.219. The molecule has 0 aliphatic carbocycles. The second kappa shape index (κ2) is 4.06. The molecule has 16 heavy (non-hydrogen) atoms. The summed E-state index contributed by atoms with van der Waals surface area (Å²) in [7, 11) is 1.54. The van der Waals surface area contributed by atoms with E-state index in [1.165, 1.54) is 6.07 Å². The number of carbonyl (C=O) groups is 1. The van der Waals surface area contributed by atoms with E-state index < -0.39 is 5.97 Å². The highest BCUT2D eigenvalue weighted by Crippen LogP contribution is 2.30. The van der Waals surface area contributed by atoms with Gasteiger partial charge in [0.2, 0.25) is 0 Å². The van der Waals surface area contributed by atoms with Crippen LogP contribution >= 0.6 is 0 Å². The van der Waals surface area contributed by atoms with Gasteiger partial charge in [0.15, 0.2) is 0 Å². The summed E-state index contributed by atoms with van der Waals surface area (Å²) in [4.78, 5) is 10.9. The third-order valence-corrected chi connectivity index (χ3v) is 2.26. The molecule has 0 aliphatic rings. The molecule has 5 heteroatoms. The van der Waals surface area contributed by atoms with Crippen LogP contribution in [0.5, 0.6) is 5.75 Å². The lowest BCUT2D eigenvalue weighted by molar-refractivity contribution is 0.0697. The summed E-state index contributed by atoms with van der Waals surface area (Å²) in [5.41, 5.74) is 1.72. The quantitative estimate of drug-likeness (QED) is 0.823. The third-order valence-electron chi connectivity index (χ3n) is 2.26. The van der Waals surface area contributed by atoms with E-state index in [9.17, 15) is 4.79 Å². The molecule has 5 nitrogen and oxygen atoms in total. The highest BCUT2D eigenvalue weighted by atomic mass is 16.5. The summed E-state index contributed by atoms with van der Waals surface area (Å²) < 4.78 is 5.17. The number of benzene rings is 1. The summed E-state index contributed by atoms with van der Waals surface area (Å²) >= 11 is 0. The summed E-state index contributed by atoms with van der Waals surface area (Å²) in [5, 5.41) is 15.4. The van der Waals surface area contributed by atoms with Crippen LogP contribution in [0.4, 0.5) is 0 Å². The lowest BCUT2D eigenvalue weighted by atomic mass is 10.1. The first-order chi connectivity index (χ1) is 7.72. The van der Waals surface area contributed by atoms with E-state index in [2.05, 4.69) is 10.2 Å². The first kappa shape index (κ1) is 10.2. The Balaban J connectivity index is 2.56. The number of hydrogen-bond acceptors (Lipinski definition) is 3. The number of nitrogens with zero attached hydrogens (tertiary/aromatic N) is 1. The smallest absolute Gasteiger partial charge is 0.335 e. The highest BCUT2D eigenvalue weighted by Gasteiger charge is 2.11. The Morgan fingerprint density at radius 1 is 1.50 bits per heavy atom. The van der Waals surface area contributed by atoms with Gasteiger partial charge in [-0.25, -0.2) is 4.79 Å². The molecule has 2 rings (SSSR count). The van der Waals surface area contributed by atoms with Crippen molar-refractivity contribution in [2.75, 3.05) is 7.11 Å². The zero-order chi connectivity index (χ0) is 11.5. The monoisotopic (exact) mass is 218 g/mol. The fourth-order valence-corrected chi connectivity index (χ4v) is 1.46. The number of carboxylic acids is 1. The summed E-state index contributed by atoms with van der Waals surface area (Å²) in [5.74, 6) is -0.348. The average molecular weight is 218 g/mol. The minimum atomic E-state index is -0.965. The maximum Gasteiger partial charge on any atom is 0.335 e. The molecule has 82 valence electrons. The van der Waals surface area contributed by atoms with Gasteiger partial charge in [0.25, 0.3) is 0 Å². The van der Waals surface area contributed by atoms with Crippen LogP contribution in [0, 0.1) is 0 Å². The van der Waals surface area contributed by atoms with E-state index >= 15 is 0 Å². The molecular weight excluding hydrogens is 208 g/mol. The van der Waals surface area contributed by atoms with Crippen LogP contribution in [0.15, 0.2) is 30.6 Å². The van der Waals surface area contributed by atoms with E-state index in [0.717, 1.165) is 5.56 Å². The van der Waals surface area contributed by atoms with Gasteiger partial charge in [0.05, 0.1) is 18.9 Å². The number of aromatic amines is 1. The predicted octanol–water partition coefficient (Wildman–Crippen LogP) is 1.78. The van der Waals surface area contributed by atoms with Crippen molar-refractivity contribution in [1.82, 2.24) is 10.2 Å². The van der Waals surface area contributed by atoms with E-state index in [0.29, 0.717) is 11.3 Å². The van der Waals surface area contributed by atoms with Crippen LogP contribution in [0.1, 0.15) is 10.4 Å². The standard InChI is InChI=1S/C11H10N2O3/c1-16-10-3-2-7(11(14)15)4-9(10)8-5-12-13-6-8/h2-6H,1H3,(H,12,13)(H,14,15). The second-order valence-corrected chi connectivity index (χ2v) is 3.21. The first-order valence-corrected chi connectivity index (χ1v) is 4.63. The maximum absolute atomic E-state index is 10.9. The van der Waals surface area contributed by atoms with Gasteiger partial charge in [-0.2, -0.15) is 5.10 Å². The molecule has 0 unspecified atom stereocenters. The molecule has 0 radical (unpaired) electrons. The van der Waals surface area contributed by atoms with Crippen LogP contribution in [0.2, 0.25) is 0 Å². The molecule has 1 heterocycles. The molecule has 2 N–H and O–H groups in total. The van der Waals surface area contributed by atoms with Gasteiger partial charge in [-0.3, -0.25) is 5.10 Å². The summed E-state index contributed by atoms with van der Waals surface area (Å²) in [6, 6.07) is 4.70. The third kappa shape index (κ3) is 1.75. The van der Waals surface area contributed by atoms with E-state index in [4.69, 9.17) is 9.84 Å².